The Morgan fingerprint density at radius 3 is 2.95 bits per heavy atom. The average molecular weight is 304 g/mol. The number of amides is 2. The minimum atomic E-state index is -0.190. The molecule has 5 heteroatoms. The first-order valence-electron chi connectivity index (χ1n) is 7.66. The molecule has 0 bridgehead atoms. The molecular formula is C17H24N2O3. The number of hydrogen-bond acceptors (Lipinski definition) is 3. The van der Waals surface area contributed by atoms with Gasteiger partial charge in [-0.15, -0.1) is 0 Å². The normalized spacial score (nSPS) is 17.9. The van der Waals surface area contributed by atoms with Gasteiger partial charge < -0.3 is 20.1 Å². The number of carbonyl (C=O) groups excluding carboxylic acids is 1. The Morgan fingerprint density at radius 2 is 2.23 bits per heavy atom. The Bertz CT molecular complexity index is 530. The van der Waals surface area contributed by atoms with Gasteiger partial charge in [0.2, 0.25) is 0 Å². The molecule has 1 heterocycles. The van der Waals surface area contributed by atoms with Crippen LogP contribution in [0.2, 0.25) is 0 Å². The molecule has 1 aliphatic rings. The molecule has 1 aliphatic heterocycles. The number of aliphatic hydroxyl groups excluding tert-OH is 1. The van der Waals surface area contributed by atoms with E-state index in [-0.39, 0.29) is 18.7 Å². The zero-order chi connectivity index (χ0) is 15.9. The van der Waals surface area contributed by atoms with Gasteiger partial charge >= 0.3 is 6.03 Å². The van der Waals surface area contributed by atoms with Gasteiger partial charge in [0.25, 0.3) is 0 Å². The number of likely N-dealkylation sites (tertiary alicyclic amines) is 1. The number of hydrogen-bond donors (Lipinski definition) is 2. The highest BCUT2D eigenvalue weighted by Crippen LogP contribution is 2.25. The summed E-state index contributed by atoms with van der Waals surface area (Å²) >= 11 is 0. The number of piperidine rings is 1. The quantitative estimate of drug-likeness (QED) is 0.822. The van der Waals surface area contributed by atoms with E-state index in [1.54, 1.807) is 4.90 Å². The molecule has 2 N–H and O–H groups in total. The fourth-order valence-corrected chi connectivity index (χ4v) is 2.54. The molecule has 1 aromatic rings. The summed E-state index contributed by atoms with van der Waals surface area (Å²) in [5, 5.41) is 12.3. The number of aliphatic hydroxyl groups is 1. The largest absolute Gasteiger partial charge is 0.487 e. The van der Waals surface area contributed by atoms with Crippen molar-refractivity contribution in [2.24, 2.45) is 0 Å². The lowest BCUT2D eigenvalue weighted by Gasteiger charge is -2.34. The molecule has 22 heavy (non-hydrogen) atoms. The summed E-state index contributed by atoms with van der Waals surface area (Å²) in [7, 11) is 0. The Kier molecular flexibility index (Phi) is 5.83. The van der Waals surface area contributed by atoms with Crippen LogP contribution in [0.15, 0.2) is 36.4 Å². The Balaban J connectivity index is 2.05. The zero-order valence-corrected chi connectivity index (χ0v) is 13.0. The van der Waals surface area contributed by atoms with Gasteiger partial charge in [-0.1, -0.05) is 18.7 Å². The van der Waals surface area contributed by atoms with Crippen LogP contribution in [0.4, 0.5) is 10.5 Å². The lowest BCUT2D eigenvalue weighted by atomic mass is 10.0. The van der Waals surface area contributed by atoms with Crippen LogP contribution in [0.3, 0.4) is 0 Å². The van der Waals surface area contributed by atoms with Crippen LogP contribution in [0, 0.1) is 0 Å². The summed E-state index contributed by atoms with van der Waals surface area (Å²) in [6, 6.07) is 7.05. The zero-order valence-electron chi connectivity index (χ0n) is 13.0. The third-order valence-corrected chi connectivity index (χ3v) is 3.70. The van der Waals surface area contributed by atoms with Crippen molar-refractivity contribution in [1.82, 2.24) is 4.90 Å². The van der Waals surface area contributed by atoms with Crippen LogP contribution in [0.1, 0.15) is 26.2 Å². The SMILES string of the molecule is C=C(C)COc1ccccc1NC(=O)N1CCCC[C@H]1CO. The number of rotatable bonds is 5. The smallest absolute Gasteiger partial charge is 0.322 e. The third-order valence-electron chi connectivity index (χ3n) is 3.70. The molecule has 1 aromatic carbocycles. The maximum Gasteiger partial charge on any atom is 0.322 e. The standard InChI is InChI=1S/C17H24N2O3/c1-13(2)12-22-16-9-4-3-8-15(16)18-17(21)19-10-6-5-7-14(19)11-20/h3-4,8-9,14,20H,1,5-7,10-12H2,2H3,(H,18,21)/t14-/m0/s1. The first-order valence-corrected chi connectivity index (χ1v) is 7.66. The van der Waals surface area contributed by atoms with Crippen LogP contribution in [0.25, 0.3) is 0 Å². The second kappa shape index (κ2) is 7.84. The highest BCUT2D eigenvalue weighted by molar-refractivity contribution is 5.91. The maximum absolute atomic E-state index is 12.5. The summed E-state index contributed by atoms with van der Waals surface area (Å²) < 4.78 is 5.66. The fourth-order valence-electron chi connectivity index (χ4n) is 2.54. The number of benzene rings is 1. The number of para-hydroxylation sites is 2. The number of ether oxygens (including phenoxy) is 1. The number of carbonyl (C=O) groups is 1. The Hall–Kier alpha value is -2.01. The van der Waals surface area contributed by atoms with Gasteiger partial charge in [0.1, 0.15) is 12.4 Å². The molecule has 0 radical (unpaired) electrons. The predicted molar refractivity (Wildman–Crippen MR) is 87.2 cm³/mol. The van der Waals surface area contributed by atoms with E-state index in [1.165, 1.54) is 0 Å². The molecule has 0 unspecified atom stereocenters. The first-order chi connectivity index (χ1) is 10.6. The highest BCUT2D eigenvalue weighted by Gasteiger charge is 2.26. The van der Waals surface area contributed by atoms with Gasteiger partial charge in [0.15, 0.2) is 0 Å². The molecule has 1 atom stereocenters. The third kappa shape index (κ3) is 4.24. The molecule has 0 aromatic heterocycles. The van der Waals surface area contributed by atoms with Crippen LogP contribution >= 0.6 is 0 Å². The van der Waals surface area contributed by atoms with Gasteiger partial charge in [0.05, 0.1) is 18.3 Å². The van der Waals surface area contributed by atoms with Gasteiger partial charge in [0, 0.05) is 6.54 Å². The van der Waals surface area contributed by atoms with Crippen LogP contribution in [0.5, 0.6) is 5.75 Å². The fraction of sp³-hybridized carbons (Fsp3) is 0.471. The molecule has 2 amide bonds. The van der Waals surface area contributed by atoms with Crippen molar-refractivity contribution in [3.05, 3.63) is 36.4 Å². The van der Waals surface area contributed by atoms with Gasteiger partial charge in [-0.2, -0.15) is 0 Å². The Morgan fingerprint density at radius 1 is 1.45 bits per heavy atom. The van der Waals surface area contributed by atoms with Gasteiger partial charge in [-0.25, -0.2) is 4.79 Å². The molecule has 0 spiro atoms. The van der Waals surface area contributed by atoms with Gasteiger partial charge in [-0.05, 0) is 43.9 Å². The summed E-state index contributed by atoms with van der Waals surface area (Å²) in [6.07, 6.45) is 2.86. The highest BCUT2D eigenvalue weighted by atomic mass is 16.5. The van der Waals surface area contributed by atoms with E-state index < -0.39 is 0 Å². The number of anilines is 1. The van der Waals surface area contributed by atoms with E-state index in [0.717, 1.165) is 24.8 Å². The minimum Gasteiger partial charge on any atom is -0.487 e. The lowest BCUT2D eigenvalue weighted by Crippen LogP contribution is -2.47. The van der Waals surface area contributed by atoms with Crippen molar-refractivity contribution in [2.75, 3.05) is 25.1 Å². The van der Waals surface area contributed by atoms with Crippen molar-refractivity contribution in [2.45, 2.75) is 32.2 Å². The topological polar surface area (TPSA) is 61.8 Å². The van der Waals surface area contributed by atoms with E-state index in [4.69, 9.17) is 4.74 Å². The van der Waals surface area contributed by atoms with E-state index in [9.17, 15) is 9.90 Å². The first kappa shape index (κ1) is 16.4. The molecule has 1 fully saturated rings. The second-order valence-corrected chi connectivity index (χ2v) is 5.70. The maximum atomic E-state index is 12.5. The molecule has 0 aliphatic carbocycles. The summed E-state index contributed by atoms with van der Waals surface area (Å²) in [5.41, 5.74) is 1.55. The summed E-state index contributed by atoms with van der Waals surface area (Å²) in [5.74, 6) is 0.622. The number of urea groups is 1. The van der Waals surface area contributed by atoms with Crippen LogP contribution in [-0.4, -0.2) is 41.8 Å². The van der Waals surface area contributed by atoms with Crippen LogP contribution < -0.4 is 10.1 Å². The molecule has 2 rings (SSSR count). The van der Waals surface area contributed by atoms with Crippen molar-refractivity contribution < 1.29 is 14.6 Å². The summed E-state index contributed by atoms with van der Waals surface area (Å²) in [4.78, 5) is 14.2. The minimum absolute atomic E-state index is 0.00122. The van der Waals surface area contributed by atoms with Gasteiger partial charge in [-0.3, -0.25) is 0 Å². The average Bonchev–Trinajstić information content (AvgIpc) is 2.53. The molecule has 0 saturated carbocycles. The van der Waals surface area contributed by atoms with E-state index in [0.29, 0.717) is 24.6 Å². The van der Waals surface area contributed by atoms with Crippen LogP contribution in [-0.2, 0) is 0 Å². The Labute approximate surface area is 131 Å². The van der Waals surface area contributed by atoms with Crippen molar-refractivity contribution in [3.8, 4) is 5.75 Å². The monoisotopic (exact) mass is 304 g/mol. The second-order valence-electron chi connectivity index (χ2n) is 5.70. The van der Waals surface area contributed by atoms with E-state index in [1.807, 2.05) is 31.2 Å². The van der Waals surface area contributed by atoms with Crippen molar-refractivity contribution in [1.29, 1.82) is 0 Å². The molecular weight excluding hydrogens is 280 g/mol. The molecule has 1 saturated heterocycles. The molecule has 120 valence electrons. The molecule has 5 nitrogen and oxygen atoms in total. The number of nitrogens with one attached hydrogen (secondary N) is 1. The van der Waals surface area contributed by atoms with Crippen molar-refractivity contribution in [3.63, 3.8) is 0 Å². The van der Waals surface area contributed by atoms with E-state index >= 15 is 0 Å². The van der Waals surface area contributed by atoms with Crippen molar-refractivity contribution >= 4 is 11.7 Å². The summed E-state index contributed by atoms with van der Waals surface area (Å²) in [6.45, 7) is 6.78. The predicted octanol–water partition coefficient (Wildman–Crippen LogP) is 3.02. The lowest BCUT2D eigenvalue weighted by molar-refractivity contribution is 0.115. The van der Waals surface area contributed by atoms with E-state index in [2.05, 4.69) is 11.9 Å². The number of nitrogens with zero attached hydrogens (tertiary/aromatic N) is 1.